The first-order valence-electron chi connectivity index (χ1n) is 6.93. The largest absolute Gasteiger partial charge is 0.355 e. The lowest BCUT2D eigenvalue weighted by atomic mass is 10.1. The number of benzene rings is 2. The van der Waals surface area contributed by atoms with Crippen molar-refractivity contribution in [1.82, 2.24) is 5.32 Å². The molecule has 2 rings (SSSR count). The van der Waals surface area contributed by atoms with Gasteiger partial charge < -0.3 is 5.32 Å². The van der Waals surface area contributed by atoms with Gasteiger partial charge in [0.2, 0.25) is 5.91 Å². The molecule has 0 spiro atoms. The fourth-order valence-electron chi connectivity index (χ4n) is 1.88. The molecule has 0 fully saturated rings. The Morgan fingerprint density at radius 2 is 1.76 bits per heavy atom. The van der Waals surface area contributed by atoms with Gasteiger partial charge in [-0.15, -0.1) is 11.8 Å². The van der Waals surface area contributed by atoms with Gasteiger partial charge in [-0.2, -0.15) is 0 Å². The zero-order valence-corrected chi connectivity index (χ0v) is 14.1. The third-order valence-corrected chi connectivity index (χ3v) is 4.53. The molecule has 4 heteroatoms. The zero-order chi connectivity index (χ0) is 14.9. The Morgan fingerprint density at radius 1 is 1.05 bits per heavy atom. The van der Waals surface area contributed by atoms with Gasteiger partial charge in [-0.25, -0.2) is 0 Å². The number of halogens is 1. The van der Waals surface area contributed by atoms with E-state index in [0.717, 1.165) is 16.6 Å². The van der Waals surface area contributed by atoms with Crippen LogP contribution in [0.25, 0.3) is 0 Å². The Hall–Kier alpha value is -1.26. The molecule has 0 unspecified atom stereocenters. The van der Waals surface area contributed by atoms with E-state index in [0.29, 0.717) is 13.0 Å². The van der Waals surface area contributed by atoms with E-state index >= 15 is 0 Å². The van der Waals surface area contributed by atoms with Crippen molar-refractivity contribution in [1.29, 1.82) is 0 Å². The van der Waals surface area contributed by atoms with Crippen molar-refractivity contribution in [2.45, 2.75) is 17.7 Å². The van der Waals surface area contributed by atoms with Crippen LogP contribution < -0.4 is 5.32 Å². The summed E-state index contributed by atoms with van der Waals surface area (Å²) in [5, 5.41) is 2.97. The third kappa shape index (κ3) is 6.36. The molecule has 0 saturated carbocycles. The summed E-state index contributed by atoms with van der Waals surface area (Å²) in [5.74, 6) is 1.01. The molecule has 2 aromatic rings. The van der Waals surface area contributed by atoms with E-state index in [1.807, 2.05) is 30.3 Å². The van der Waals surface area contributed by atoms with E-state index in [1.54, 1.807) is 11.8 Å². The molecule has 2 nitrogen and oxygen atoms in total. The summed E-state index contributed by atoms with van der Waals surface area (Å²) < 4.78 is 1.08. The van der Waals surface area contributed by atoms with Gasteiger partial charge in [-0.3, -0.25) is 4.79 Å². The second kappa shape index (κ2) is 8.90. The predicted molar refractivity (Wildman–Crippen MR) is 92.6 cm³/mol. The average Bonchev–Trinajstić information content (AvgIpc) is 2.52. The van der Waals surface area contributed by atoms with Crippen LogP contribution in [0, 0.1) is 0 Å². The number of aryl methyl sites for hydroxylation is 1. The van der Waals surface area contributed by atoms with Crippen LogP contribution in [0.4, 0.5) is 0 Å². The summed E-state index contributed by atoms with van der Waals surface area (Å²) in [6.07, 6.45) is 1.35. The van der Waals surface area contributed by atoms with Crippen LogP contribution in [-0.4, -0.2) is 18.2 Å². The molecular formula is C17H18BrNOS. The molecular weight excluding hydrogens is 346 g/mol. The number of carbonyl (C=O) groups is 1. The fraction of sp³-hybridized carbons (Fsp3) is 0.235. The molecule has 0 aromatic heterocycles. The predicted octanol–water partition coefficient (Wildman–Crippen LogP) is 4.29. The highest BCUT2D eigenvalue weighted by molar-refractivity contribution is 9.10. The first-order chi connectivity index (χ1) is 10.2. The van der Waals surface area contributed by atoms with Gasteiger partial charge in [0.05, 0.1) is 0 Å². The van der Waals surface area contributed by atoms with Gasteiger partial charge >= 0.3 is 0 Å². The summed E-state index contributed by atoms with van der Waals surface area (Å²) in [4.78, 5) is 13.0. The quantitative estimate of drug-likeness (QED) is 0.587. The number of carbonyl (C=O) groups excluding carboxylic acids is 1. The highest BCUT2D eigenvalue weighted by Crippen LogP contribution is 2.19. The van der Waals surface area contributed by atoms with E-state index < -0.39 is 0 Å². The Kier molecular flexibility index (Phi) is 6.83. The number of hydrogen-bond acceptors (Lipinski definition) is 2. The Morgan fingerprint density at radius 3 is 2.48 bits per heavy atom. The molecule has 0 aliphatic carbocycles. The molecule has 110 valence electrons. The summed E-state index contributed by atoms with van der Waals surface area (Å²) in [5.41, 5.74) is 1.21. The lowest BCUT2D eigenvalue weighted by molar-refractivity contribution is -0.120. The SMILES string of the molecule is O=C(CCc1ccccc1)NCCSc1ccc(Br)cc1. The average molecular weight is 364 g/mol. The standard InChI is InChI=1S/C17H18BrNOS/c18-15-7-9-16(10-8-15)21-13-12-19-17(20)11-6-14-4-2-1-3-5-14/h1-5,7-10H,6,11-13H2,(H,19,20). The topological polar surface area (TPSA) is 29.1 Å². The van der Waals surface area contributed by atoms with Crippen molar-refractivity contribution in [3.05, 3.63) is 64.6 Å². The van der Waals surface area contributed by atoms with Gasteiger partial charge in [-0.1, -0.05) is 46.3 Å². The van der Waals surface area contributed by atoms with Crippen LogP contribution in [0.3, 0.4) is 0 Å². The van der Waals surface area contributed by atoms with Crippen molar-refractivity contribution in [3.8, 4) is 0 Å². The first-order valence-corrected chi connectivity index (χ1v) is 8.71. The van der Waals surface area contributed by atoms with Crippen molar-refractivity contribution < 1.29 is 4.79 Å². The molecule has 0 atom stereocenters. The molecule has 2 aromatic carbocycles. The highest BCUT2D eigenvalue weighted by Gasteiger charge is 2.01. The lowest BCUT2D eigenvalue weighted by Crippen LogP contribution is -2.25. The lowest BCUT2D eigenvalue weighted by Gasteiger charge is -2.05. The van der Waals surface area contributed by atoms with Crippen molar-refractivity contribution in [2.75, 3.05) is 12.3 Å². The van der Waals surface area contributed by atoms with Crippen molar-refractivity contribution in [2.24, 2.45) is 0 Å². The summed E-state index contributed by atoms with van der Waals surface area (Å²) in [6.45, 7) is 0.703. The number of nitrogens with one attached hydrogen (secondary N) is 1. The van der Waals surface area contributed by atoms with E-state index in [1.165, 1.54) is 10.5 Å². The van der Waals surface area contributed by atoms with E-state index in [-0.39, 0.29) is 5.91 Å². The van der Waals surface area contributed by atoms with Crippen LogP contribution in [0.15, 0.2) is 64.0 Å². The summed E-state index contributed by atoms with van der Waals surface area (Å²) >= 11 is 5.17. The minimum Gasteiger partial charge on any atom is -0.355 e. The molecule has 0 radical (unpaired) electrons. The Balaban J connectivity index is 1.60. The molecule has 0 saturated heterocycles. The monoisotopic (exact) mass is 363 g/mol. The maximum atomic E-state index is 11.7. The maximum Gasteiger partial charge on any atom is 0.220 e. The van der Waals surface area contributed by atoms with Gasteiger partial charge in [0.1, 0.15) is 0 Å². The molecule has 0 bridgehead atoms. The molecule has 0 heterocycles. The number of rotatable bonds is 7. The molecule has 1 amide bonds. The maximum absolute atomic E-state index is 11.7. The molecule has 21 heavy (non-hydrogen) atoms. The zero-order valence-electron chi connectivity index (χ0n) is 11.7. The van der Waals surface area contributed by atoms with Gasteiger partial charge in [0.15, 0.2) is 0 Å². The van der Waals surface area contributed by atoms with E-state index in [2.05, 4.69) is 45.5 Å². The Bertz CT molecular complexity index is 557. The molecule has 1 N–H and O–H groups in total. The third-order valence-electron chi connectivity index (χ3n) is 2.99. The minimum absolute atomic E-state index is 0.121. The number of thioether (sulfide) groups is 1. The van der Waals surface area contributed by atoms with Crippen LogP contribution >= 0.6 is 27.7 Å². The van der Waals surface area contributed by atoms with Gasteiger partial charge in [0, 0.05) is 28.1 Å². The van der Waals surface area contributed by atoms with Crippen molar-refractivity contribution >= 4 is 33.6 Å². The van der Waals surface area contributed by atoms with Crippen molar-refractivity contribution in [3.63, 3.8) is 0 Å². The second-order valence-electron chi connectivity index (χ2n) is 4.64. The van der Waals surface area contributed by atoms with E-state index in [4.69, 9.17) is 0 Å². The van der Waals surface area contributed by atoms with Gasteiger partial charge in [-0.05, 0) is 36.2 Å². The van der Waals surface area contributed by atoms with Crippen LogP contribution in [0.5, 0.6) is 0 Å². The second-order valence-corrected chi connectivity index (χ2v) is 6.72. The normalized spacial score (nSPS) is 10.3. The summed E-state index contributed by atoms with van der Waals surface area (Å²) in [6, 6.07) is 18.3. The number of hydrogen-bond donors (Lipinski definition) is 1. The Labute approximate surface area is 138 Å². The first kappa shape index (κ1) is 16.1. The van der Waals surface area contributed by atoms with E-state index in [9.17, 15) is 4.79 Å². The highest BCUT2D eigenvalue weighted by atomic mass is 79.9. The van der Waals surface area contributed by atoms with Crippen LogP contribution in [-0.2, 0) is 11.2 Å². The molecule has 0 aliphatic heterocycles. The summed E-state index contributed by atoms with van der Waals surface area (Å²) in [7, 11) is 0. The smallest absolute Gasteiger partial charge is 0.220 e. The van der Waals surface area contributed by atoms with Crippen LogP contribution in [0.1, 0.15) is 12.0 Å². The van der Waals surface area contributed by atoms with Gasteiger partial charge in [0.25, 0.3) is 0 Å². The fourth-order valence-corrected chi connectivity index (χ4v) is 2.91. The molecule has 0 aliphatic rings. The minimum atomic E-state index is 0.121. The van der Waals surface area contributed by atoms with Crippen LogP contribution in [0.2, 0.25) is 0 Å². The number of amides is 1.